The largest absolute Gasteiger partial charge is 0.481 e. The van der Waals surface area contributed by atoms with Gasteiger partial charge in [-0.3, -0.25) is 9.59 Å². The number of carboxylic acids is 1. The lowest BCUT2D eigenvalue weighted by Gasteiger charge is -2.22. The lowest BCUT2D eigenvalue weighted by atomic mass is 10.1. The summed E-state index contributed by atoms with van der Waals surface area (Å²) >= 11 is 1.69. The smallest absolute Gasteiger partial charge is 0.305 e. The second-order valence-corrected chi connectivity index (χ2v) is 9.70. The van der Waals surface area contributed by atoms with Crippen LogP contribution >= 0.6 is 11.3 Å². The van der Waals surface area contributed by atoms with E-state index in [1.165, 1.54) is 10.4 Å². The van der Waals surface area contributed by atoms with Crippen LogP contribution in [0.25, 0.3) is 11.3 Å². The minimum Gasteiger partial charge on any atom is -0.481 e. The summed E-state index contributed by atoms with van der Waals surface area (Å²) in [6.07, 6.45) is 0.794. The maximum atomic E-state index is 12.3. The number of aromatic nitrogens is 1. The van der Waals surface area contributed by atoms with E-state index in [0.29, 0.717) is 12.1 Å². The molecular weight excluding hydrogens is 470 g/mol. The average molecular weight is 500 g/mol. The molecule has 0 aliphatic heterocycles. The van der Waals surface area contributed by atoms with Crippen LogP contribution in [0.2, 0.25) is 0 Å². The molecule has 0 radical (unpaired) electrons. The van der Waals surface area contributed by atoms with E-state index < -0.39 is 5.97 Å². The second kappa shape index (κ2) is 12.1. The molecule has 0 bridgehead atoms. The fourth-order valence-electron chi connectivity index (χ4n) is 3.90. The third-order valence-corrected chi connectivity index (χ3v) is 6.86. The minimum atomic E-state index is -0.936. The Bertz CT molecular complexity index is 1290. The fraction of sp³-hybridized carbons (Fsp3) is 0.207. The lowest BCUT2D eigenvalue weighted by Crippen LogP contribution is -2.26. The van der Waals surface area contributed by atoms with Crippen LogP contribution in [-0.2, 0) is 17.8 Å². The van der Waals surface area contributed by atoms with Crippen molar-refractivity contribution in [2.45, 2.75) is 26.3 Å². The van der Waals surface area contributed by atoms with Crippen LogP contribution in [0.5, 0.6) is 0 Å². The van der Waals surface area contributed by atoms with Gasteiger partial charge in [-0.15, -0.1) is 11.3 Å². The highest BCUT2D eigenvalue weighted by Gasteiger charge is 2.16. The number of anilines is 1. The van der Waals surface area contributed by atoms with E-state index in [1.807, 2.05) is 36.4 Å². The average Bonchev–Trinajstić information content (AvgIpc) is 3.29. The number of benzene rings is 3. The molecule has 184 valence electrons. The van der Waals surface area contributed by atoms with Crippen molar-refractivity contribution in [3.63, 3.8) is 0 Å². The topological polar surface area (TPSA) is 82.5 Å². The van der Waals surface area contributed by atoms with Gasteiger partial charge < -0.3 is 15.3 Å². The summed E-state index contributed by atoms with van der Waals surface area (Å²) in [5, 5.41) is 12.4. The number of hydrogen-bond donors (Lipinski definition) is 2. The van der Waals surface area contributed by atoms with Gasteiger partial charge in [0.05, 0.1) is 12.1 Å². The van der Waals surface area contributed by atoms with Gasteiger partial charge in [0.25, 0.3) is 5.91 Å². The molecule has 1 aromatic heterocycles. The number of carboxylic acid groups (broad SMARTS) is 1. The summed E-state index contributed by atoms with van der Waals surface area (Å²) < 4.78 is 0. The molecule has 0 aliphatic carbocycles. The van der Waals surface area contributed by atoms with Gasteiger partial charge in [0.15, 0.2) is 5.13 Å². The van der Waals surface area contributed by atoms with E-state index >= 15 is 0 Å². The molecule has 0 unspecified atom stereocenters. The highest BCUT2D eigenvalue weighted by molar-refractivity contribution is 7.16. The van der Waals surface area contributed by atoms with Crippen LogP contribution in [0.1, 0.15) is 32.8 Å². The van der Waals surface area contributed by atoms with Crippen molar-refractivity contribution >= 4 is 28.3 Å². The summed E-state index contributed by atoms with van der Waals surface area (Å²) in [6, 6.07) is 28.1. The van der Waals surface area contributed by atoms with Crippen molar-refractivity contribution in [2.24, 2.45) is 0 Å². The van der Waals surface area contributed by atoms with Crippen molar-refractivity contribution in [1.82, 2.24) is 10.3 Å². The van der Waals surface area contributed by atoms with E-state index in [0.717, 1.165) is 34.9 Å². The van der Waals surface area contributed by atoms with Gasteiger partial charge >= 0.3 is 5.97 Å². The Kier molecular flexibility index (Phi) is 8.47. The Balaban J connectivity index is 1.51. The number of rotatable bonds is 11. The molecule has 3 aromatic carbocycles. The molecule has 0 saturated carbocycles. The number of hydrogen-bond acceptors (Lipinski definition) is 5. The molecule has 4 aromatic rings. The number of thiazole rings is 1. The Morgan fingerprint density at radius 3 is 2.25 bits per heavy atom. The minimum absolute atomic E-state index is 0.0988. The van der Waals surface area contributed by atoms with Gasteiger partial charge in [-0.2, -0.15) is 0 Å². The molecule has 0 atom stereocenters. The first-order valence-electron chi connectivity index (χ1n) is 11.9. The number of carbonyl (C=O) groups excluding carboxylic acids is 1. The number of carbonyl (C=O) groups is 2. The van der Waals surface area contributed by atoms with Gasteiger partial charge in [-0.1, -0.05) is 72.8 Å². The lowest BCUT2D eigenvalue weighted by molar-refractivity contribution is -0.136. The summed E-state index contributed by atoms with van der Waals surface area (Å²) in [5.41, 5.74) is 4.97. The quantitative estimate of drug-likeness (QED) is 0.282. The van der Waals surface area contributed by atoms with E-state index in [1.54, 1.807) is 23.5 Å². The standard InChI is InChI=1S/C29H29N3O3S/c1-21-27(24-10-6-3-7-11-24)31-29(36-21)32(19-17-22-8-4-2-5-9-22)20-23-12-14-25(15-13-23)28(35)30-18-16-26(33)34/h2-15H,16-20H2,1H3,(H,30,35)(H,33,34). The molecule has 0 saturated heterocycles. The van der Waals surface area contributed by atoms with Gasteiger partial charge in [0.2, 0.25) is 0 Å². The van der Waals surface area contributed by atoms with E-state index in [9.17, 15) is 9.59 Å². The zero-order valence-electron chi connectivity index (χ0n) is 20.2. The number of nitrogens with one attached hydrogen (secondary N) is 1. The first-order chi connectivity index (χ1) is 17.5. The zero-order chi connectivity index (χ0) is 25.3. The zero-order valence-corrected chi connectivity index (χ0v) is 21.0. The predicted octanol–water partition coefficient (Wildman–Crippen LogP) is 5.57. The molecule has 0 spiro atoms. The van der Waals surface area contributed by atoms with Crippen LogP contribution < -0.4 is 10.2 Å². The summed E-state index contributed by atoms with van der Waals surface area (Å²) in [4.78, 5) is 31.4. The third kappa shape index (κ3) is 6.79. The molecule has 1 heterocycles. The summed E-state index contributed by atoms with van der Waals surface area (Å²) in [7, 11) is 0. The Morgan fingerprint density at radius 1 is 0.917 bits per heavy atom. The number of aryl methyl sites for hydroxylation is 1. The monoisotopic (exact) mass is 499 g/mol. The highest BCUT2D eigenvalue weighted by Crippen LogP contribution is 2.33. The predicted molar refractivity (Wildman–Crippen MR) is 145 cm³/mol. The third-order valence-electron chi connectivity index (χ3n) is 5.83. The van der Waals surface area contributed by atoms with Crippen molar-refractivity contribution < 1.29 is 14.7 Å². The van der Waals surface area contributed by atoms with Gasteiger partial charge in [-0.25, -0.2) is 4.98 Å². The SMILES string of the molecule is Cc1sc(N(CCc2ccccc2)Cc2ccc(C(=O)NCCC(=O)O)cc2)nc1-c1ccccc1. The Labute approximate surface area is 215 Å². The van der Waals surface area contributed by atoms with Crippen molar-refractivity contribution in [1.29, 1.82) is 0 Å². The van der Waals surface area contributed by atoms with E-state index in [-0.39, 0.29) is 18.9 Å². The van der Waals surface area contributed by atoms with Crippen LogP contribution in [0, 0.1) is 6.92 Å². The first kappa shape index (κ1) is 25.1. The molecule has 6 nitrogen and oxygen atoms in total. The molecule has 0 fully saturated rings. The van der Waals surface area contributed by atoms with Crippen molar-refractivity contribution in [3.05, 3.63) is 106 Å². The van der Waals surface area contributed by atoms with Crippen molar-refractivity contribution in [3.8, 4) is 11.3 Å². The summed E-state index contributed by atoms with van der Waals surface area (Å²) in [5.74, 6) is -1.21. The van der Waals surface area contributed by atoms with E-state index in [4.69, 9.17) is 10.1 Å². The second-order valence-electron chi connectivity index (χ2n) is 8.52. The molecular formula is C29H29N3O3S. The van der Waals surface area contributed by atoms with Crippen LogP contribution in [0.3, 0.4) is 0 Å². The molecule has 0 aliphatic rings. The molecule has 36 heavy (non-hydrogen) atoms. The molecule has 4 rings (SSSR count). The number of nitrogens with zero attached hydrogens (tertiary/aromatic N) is 2. The molecule has 2 N–H and O–H groups in total. The van der Waals surface area contributed by atoms with Crippen molar-refractivity contribution in [2.75, 3.05) is 18.0 Å². The van der Waals surface area contributed by atoms with Crippen LogP contribution in [0.4, 0.5) is 5.13 Å². The van der Waals surface area contributed by atoms with Crippen LogP contribution in [-0.4, -0.2) is 35.1 Å². The molecule has 7 heteroatoms. The van der Waals surface area contributed by atoms with Gasteiger partial charge in [0.1, 0.15) is 0 Å². The number of aliphatic carboxylic acids is 1. The van der Waals surface area contributed by atoms with Gasteiger partial charge in [0, 0.05) is 35.6 Å². The van der Waals surface area contributed by atoms with Gasteiger partial charge in [-0.05, 0) is 36.6 Å². The highest BCUT2D eigenvalue weighted by atomic mass is 32.1. The maximum Gasteiger partial charge on any atom is 0.305 e. The van der Waals surface area contributed by atoms with E-state index in [2.05, 4.69) is 53.5 Å². The molecule has 1 amide bonds. The fourth-order valence-corrected chi connectivity index (χ4v) is 4.86. The van der Waals surface area contributed by atoms with Crippen LogP contribution in [0.15, 0.2) is 84.9 Å². The Morgan fingerprint density at radius 2 is 1.58 bits per heavy atom. The Hall–Kier alpha value is -3.97. The summed E-state index contributed by atoms with van der Waals surface area (Å²) in [6.45, 7) is 3.69. The first-order valence-corrected chi connectivity index (χ1v) is 12.7. The number of amides is 1. The normalized spacial score (nSPS) is 10.7. The maximum absolute atomic E-state index is 12.3.